The quantitative estimate of drug-likeness (QED) is 0.591. The van der Waals surface area contributed by atoms with E-state index in [0.29, 0.717) is 5.56 Å². The molecule has 0 unspecified atom stereocenters. The molecule has 3 N–H and O–H groups in total. The molecule has 0 bridgehead atoms. The lowest BCUT2D eigenvalue weighted by Gasteiger charge is -2.32. The maximum absolute atomic E-state index is 12.9. The maximum Gasteiger partial charge on any atom is 0.253 e. The molecule has 1 aromatic heterocycles. The number of likely N-dealkylation sites (tertiary alicyclic amines) is 1. The van der Waals surface area contributed by atoms with E-state index in [1.807, 2.05) is 6.92 Å². The summed E-state index contributed by atoms with van der Waals surface area (Å²) in [7, 11) is 0. The highest BCUT2D eigenvalue weighted by Crippen LogP contribution is 2.26. The summed E-state index contributed by atoms with van der Waals surface area (Å²) in [6.45, 7) is 4.97. The molecule has 0 aliphatic carbocycles. The van der Waals surface area contributed by atoms with Gasteiger partial charge in [-0.25, -0.2) is 0 Å². The number of aromatic amines is 1. The molecule has 2 aromatic carbocycles. The van der Waals surface area contributed by atoms with E-state index in [4.69, 9.17) is 0 Å². The third kappa shape index (κ3) is 4.92. The standard InChI is InChI=1S/C23H27N3O2.ClH/c1-16-22(20-15-19(27)7-8-21(20)24-16)23(28)25-18-10-13-26(14-11-18)12-9-17-5-3-2-4-6-17;/h2-8,15,18,24,27H,9-14H2,1H3,(H,25,28);1H. The van der Waals surface area contributed by atoms with Crippen molar-refractivity contribution in [2.45, 2.75) is 32.2 Å². The minimum atomic E-state index is -0.0583. The smallest absolute Gasteiger partial charge is 0.253 e. The number of piperidine rings is 1. The average Bonchev–Trinajstić information content (AvgIpc) is 3.03. The van der Waals surface area contributed by atoms with Gasteiger partial charge in [-0.2, -0.15) is 0 Å². The van der Waals surface area contributed by atoms with Crippen molar-refractivity contribution in [1.29, 1.82) is 0 Å². The topological polar surface area (TPSA) is 68.4 Å². The molecule has 0 radical (unpaired) electrons. The Balaban J connectivity index is 0.00000240. The normalized spacial score (nSPS) is 15.2. The van der Waals surface area contributed by atoms with E-state index in [2.05, 4.69) is 45.5 Å². The molecule has 4 rings (SSSR count). The fourth-order valence-electron chi connectivity index (χ4n) is 4.10. The molecule has 29 heavy (non-hydrogen) atoms. The van der Waals surface area contributed by atoms with Gasteiger partial charge < -0.3 is 20.3 Å². The summed E-state index contributed by atoms with van der Waals surface area (Å²) in [5.41, 5.74) is 3.71. The van der Waals surface area contributed by atoms with Gasteiger partial charge in [0.2, 0.25) is 0 Å². The van der Waals surface area contributed by atoms with Crippen molar-refractivity contribution in [2.75, 3.05) is 19.6 Å². The van der Waals surface area contributed by atoms with Crippen molar-refractivity contribution in [3.05, 3.63) is 65.4 Å². The number of benzene rings is 2. The molecule has 0 saturated carbocycles. The number of amides is 1. The molecule has 0 spiro atoms. The van der Waals surface area contributed by atoms with E-state index < -0.39 is 0 Å². The maximum atomic E-state index is 12.9. The third-order valence-electron chi connectivity index (χ3n) is 5.68. The zero-order valence-electron chi connectivity index (χ0n) is 16.6. The Kier molecular flexibility index (Phi) is 6.83. The molecule has 5 nitrogen and oxygen atoms in total. The van der Waals surface area contributed by atoms with Gasteiger partial charge in [-0.15, -0.1) is 12.4 Å². The van der Waals surface area contributed by atoms with Gasteiger partial charge in [0, 0.05) is 42.3 Å². The van der Waals surface area contributed by atoms with E-state index in [1.54, 1.807) is 18.2 Å². The largest absolute Gasteiger partial charge is 0.508 e. The summed E-state index contributed by atoms with van der Waals surface area (Å²) in [4.78, 5) is 18.6. The predicted molar refractivity (Wildman–Crippen MR) is 119 cm³/mol. The number of H-pyrrole nitrogens is 1. The van der Waals surface area contributed by atoms with Gasteiger partial charge in [-0.05, 0) is 49.9 Å². The number of nitrogens with one attached hydrogen (secondary N) is 2. The van der Waals surface area contributed by atoms with E-state index in [1.165, 1.54) is 5.56 Å². The number of aromatic nitrogens is 1. The molecular formula is C23H28ClN3O2. The zero-order chi connectivity index (χ0) is 19.5. The Morgan fingerprint density at radius 1 is 1.17 bits per heavy atom. The lowest BCUT2D eigenvalue weighted by atomic mass is 10.0. The number of halogens is 1. The molecule has 1 amide bonds. The summed E-state index contributed by atoms with van der Waals surface area (Å²) < 4.78 is 0. The number of fused-ring (bicyclic) bond motifs is 1. The van der Waals surface area contributed by atoms with Crippen LogP contribution in [0.25, 0.3) is 10.9 Å². The Morgan fingerprint density at radius 3 is 2.62 bits per heavy atom. The first kappa shape index (κ1) is 21.2. The monoisotopic (exact) mass is 413 g/mol. The van der Waals surface area contributed by atoms with Gasteiger partial charge in [0.15, 0.2) is 0 Å². The summed E-state index contributed by atoms with van der Waals surface area (Å²) in [6.07, 6.45) is 3.00. The van der Waals surface area contributed by atoms with Crippen LogP contribution in [0.3, 0.4) is 0 Å². The minimum absolute atomic E-state index is 0. The molecule has 1 saturated heterocycles. The highest BCUT2D eigenvalue weighted by atomic mass is 35.5. The van der Waals surface area contributed by atoms with E-state index in [9.17, 15) is 9.90 Å². The zero-order valence-corrected chi connectivity index (χ0v) is 17.5. The molecule has 1 fully saturated rings. The van der Waals surface area contributed by atoms with E-state index >= 15 is 0 Å². The van der Waals surface area contributed by atoms with Gasteiger partial charge in [0.25, 0.3) is 5.91 Å². The Bertz CT molecular complexity index is 963. The van der Waals surface area contributed by atoms with Crippen LogP contribution < -0.4 is 5.32 Å². The van der Waals surface area contributed by atoms with Crippen molar-refractivity contribution < 1.29 is 9.90 Å². The van der Waals surface area contributed by atoms with Gasteiger partial charge in [-0.1, -0.05) is 30.3 Å². The van der Waals surface area contributed by atoms with Gasteiger partial charge in [0.1, 0.15) is 5.75 Å². The Labute approximate surface area is 177 Å². The van der Waals surface area contributed by atoms with Crippen LogP contribution in [0, 0.1) is 6.92 Å². The second kappa shape index (κ2) is 9.33. The summed E-state index contributed by atoms with van der Waals surface area (Å²) >= 11 is 0. The van der Waals surface area contributed by atoms with Crippen molar-refractivity contribution in [3.8, 4) is 5.75 Å². The molecule has 6 heteroatoms. The number of nitrogens with zero attached hydrogens (tertiary/aromatic N) is 1. The average molecular weight is 414 g/mol. The van der Waals surface area contributed by atoms with E-state index in [-0.39, 0.29) is 30.1 Å². The van der Waals surface area contributed by atoms with Crippen LogP contribution in [0.15, 0.2) is 48.5 Å². The second-order valence-corrected chi connectivity index (χ2v) is 7.68. The van der Waals surface area contributed by atoms with Crippen molar-refractivity contribution in [2.24, 2.45) is 0 Å². The van der Waals surface area contributed by atoms with Gasteiger partial charge in [-0.3, -0.25) is 4.79 Å². The van der Waals surface area contributed by atoms with Crippen molar-refractivity contribution in [1.82, 2.24) is 15.2 Å². The predicted octanol–water partition coefficient (Wildman–Crippen LogP) is 4.04. The number of carbonyl (C=O) groups excluding carboxylic acids is 1. The fourth-order valence-corrected chi connectivity index (χ4v) is 4.10. The lowest BCUT2D eigenvalue weighted by Crippen LogP contribution is -2.45. The summed E-state index contributed by atoms with van der Waals surface area (Å²) in [5.74, 6) is 0.115. The number of phenols is 1. The summed E-state index contributed by atoms with van der Waals surface area (Å²) in [5, 5.41) is 13.8. The van der Waals surface area contributed by atoms with Crippen LogP contribution in [-0.4, -0.2) is 46.6 Å². The molecule has 3 aromatic rings. The van der Waals surface area contributed by atoms with Crippen molar-refractivity contribution >= 4 is 29.2 Å². The van der Waals surface area contributed by atoms with Crippen LogP contribution in [0.4, 0.5) is 0 Å². The van der Waals surface area contributed by atoms with Crippen LogP contribution >= 0.6 is 12.4 Å². The molecular weight excluding hydrogens is 386 g/mol. The molecule has 1 aliphatic rings. The number of hydrogen-bond donors (Lipinski definition) is 3. The SMILES string of the molecule is Cc1[nH]c2ccc(O)cc2c1C(=O)NC1CCN(CCc2ccccc2)CC1.Cl. The minimum Gasteiger partial charge on any atom is -0.508 e. The lowest BCUT2D eigenvalue weighted by molar-refractivity contribution is 0.0912. The Morgan fingerprint density at radius 2 is 1.90 bits per heavy atom. The number of rotatable bonds is 5. The second-order valence-electron chi connectivity index (χ2n) is 7.68. The number of aromatic hydroxyl groups is 1. The molecule has 1 aliphatic heterocycles. The van der Waals surface area contributed by atoms with Crippen LogP contribution in [-0.2, 0) is 6.42 Å². The molecule has 0 atom stereocenters. The number of carbonyl (C=O) groups is 1. The number of phenolic OH excluding ortho intramolecular Hbond substituents is 1. The van der Waals surface area contributed by atoms with Crippen LogP contribution in [0.2, 0.25) is 0 Å². The number of hydrogen-bond acceptors (Lipinski definition) is 3. The number of aryl methyl sites for hydroxylation is 1. The van der Waals surface area contributed by atoms with Gasteiger partial charge >= 0.3 is 0 Å². The first-order chi connectivity index (χ1) is 13.6. The van der Waals surface area contributed by atoms with Crippen molar-refractivity contribution in [3.63, 3.8) is 0 Å². The first-order valence-electron chi connectivity index (χ1n) is 9.98. The fraction of sp³-hybridized carbons (Fsp3) is 0.348. The first-order valence-corrected chi connectivity index (χ1v) is 9.98. The van der Waals surface area contributed by atoms with Gasteiger partial charge in [0.05, 0.1) is 5.56 Å². The Hall–Kier alpha value is -2.50. The summed E-state index contributed by atoms with van der Waals surface area (Å²) in [6, 6.07) is 15.9. The highest BCUT2D eigenvalue weighted by molar-refractivity contribution is 6.08. The highest BCUT2D eigenvalue weighted by Gasteiger charge is 2.23. The van der Waals surface area contributed by atoms with Crippen LogP contribution in [0.1, 0.15) is 34.5 Å². The van der Waals surface area contributed by atoms with E-state index in [0.717, 1.165) is 55.5 Å². The molecule has 2 heterocycles. The third-order valence-corrected chi connectivity index (χ3v) is 5.68. The molecule has 154 valence electrons. The van der Waals surface area contributed by atoms with Crippen LogP contribution in [0.5, 0.6) is 5.75 Å².